The summed E-state index contributed by atoms with van der Waals surface area (Å²) in [5.41, 5.74) is 2.52. The molecule has 2 heterocycles. The SMILES string of the molecule is NNc1ncnc2sc(Br)cc12. The number of halogens is 1. The van der Waals surface area contributed by atoms with Crippen LogP contribution >= 0.6 is 27.3 Å². The molecule has 0 aliphatic rings. The molecular formula is C6H5BrN4S. The molecule has 6 heteroatoms. The Bertz CT molecular complexity index is 413. The number of anilines is 1. The summed E-state index contributed by atoms with van der Waals surface area (Å²) in [5, 5.41) is 0.942. The Labute approximate surface area is 80.9 Å². The third-order valence-corrected chi connectivity index (χ3v) is 2.98. The van der Waals surface area contributed by atoms with Crippen LogP contribution in [0.4, 0.5) is 5.82 Å². The van der Waals surface area contributed by atoms with E-state index in [1.807, 2.05) is 6.07 Å². The van der Waals surface area contributed by atoms with Crippen LogP contribution in [0.3, 0.4) is 0 Å². The van der Waals surface area contributed by atoms with Gasteiger partial charge in [-0.1, -0.05) is 0 Å². The average Bonchev–Trinajstić information content (AvgIpc) is 2.44. The van der Waals surface area contributed by atoms with Crippen molar-refractivity contribution in [2.75, 3.05) is 5.43 Å². The lowest BCUT2D eigenvalue weighted by molar-refractivity contribution is 1.19. The fourth-order valence-corrected chi connectivity index (χ4v) is 2.36. The standard InChI is InChI=1S/C6H5BrN4S/c7-4-1-3-5(11-8)9-2-10-6(3)12-4/h1-2H,8H2,(H,9,10,11). The van der Waals surface area contributed by atoms with Crippen molar-refractivity contribution in [1.29, 1.82) is 0 Å². The summed E-state index contributed by atoms with van der Waals surface area (Å²) in [4.78, 5) is 8.99. The lowest BCUT2D eigenvalue weighted by Gasteiger charge is -1.97. The maximum atomic E-state index is 5.27. The number of nitrogens with zero attached hydrogens (tertiary/aromatic N) is 2. The number of hydrogen-bond donors (Lipinski definition) is 2. The van der Waals surface area contributed by atoms with Gasteiger partial charge in [0.15, 0.2) is 5.82 Å². The normalized spacial score (nSPS) is 10.5. The molecule has 0 aliphatic heterocycles. The van der Waals surface area contributed by atoms with Gasteiger partial charge in [-0.15, -0.1) is 11.3 Å². The first-order valence-electron chi connectivity index (χ1n) is 3.18. The van der Waals surface area contributed by atoms with Crippen molar-refractivity contribution in [2.24, 2.45) is 5.84 Å². The number of hydrogen-bond acceptors (Lipinski definition) is 5. The molecule has 0 spiro atoms. The first kappa shape index (κ1) is 7.90. The zero-order valence-electron chi connectivity index (χ0n) is 5.91. The van der Waals surface area contributed by atoms with E-state index in [4.69, 9.17) is 5.84 Å². The highest BCUT2D eigenvalue weighted by Crippen LogP contribution is 2.30. The van der Waals surface area contributed by atoms with E-state index in [0.29, 0.717) is 5.82 Å². The van der Waals surface area contributed by atoms with Crippen molar-refractivity contribution in [3.05, 3.63) is 16.2 Å². The van der Waals surface area contributed by atoms with Crippen LogP contribution in [0.5, 0.6) is 0 Å². The summed E-state index contributed by atoms with van der Waals surface area (Å²) in [6.07, 6.45) is 1.49. The molecule has 0 saturated carbocycles. The average molecular weight is 245 g/mol. The number of hydrazine groups is 1. The third-order valence-electron chi connectivity index (χ3n) is 1.44. The van der Waals surface area contributed by atoms with Gasteiger partial charge in [-0.3, -0.25) is 0 Å². The number of rotatable bonds is 1. The third kappa shape index (κ3) is 1.17. The van der Waals surface area contributed by atoms with Crippen molar-refractivity contribution in [3.63, 3.8) is 0 Å². The van der Waals surface area contributed by atoms with Crippen LogP contribution in [0.2, 0.25) is 0 Å². The first-order valence-corrected chi connectivity index (χ1v) is 4.79. The van der Waals surface area contributed by atoms with E-state index in [1.54, 1.807) is 11.3 Å². The van der Waals surface area contributed by atoms with Gasteiger partial charge in [-0.25, -0.2) is 15.8 Å². The highest BCUT2D eigenvalue weighted by molar-refractivity contribution is 9.11. The Morgan fingerprint density at radius 3 is 3.08 bits per heavy atom. The molecule has 2 aromatic heterocycles. The molecule has 0 fully saturated rings. The predicted molar refractivity (Wildman–Crippen MR) is 52.9 cm³/mol. The van der Waals surface area contributed by atoms with Gasteiger partial charge in [0.2, 0.25) is 0 Å². The van der Waals surface area contributed by atoms with E-state index in [1.165, 1.54) is 6.33 Å². The maximum absolute atomic E-state index is 5.27. The summed E-state index contributed by atoms with van der Waals surface area (Å²) in [5.74, 6) is 5.93. The zero-order chi connectivity index (χ0) is 8.55. The molecule has 0 saturated heterocycles. The number of nitrogens with two attached hydrogens (primary N) is 1. The van der Waals surface area contributed by atoms with E-state index in [0.717, 1.165) is 14.0 Å². The minimum Gasteiger partial charge on any atom is -0.308 e. The monoisotopic (exact) mass is 244 g/mol. The highest BCUT2D eigenvalue weighted by Gasteiger charge is 2.05. The van der Waals surface area contributed by atoms with Crippen molar-refractivity contribution >= 4 is 43.3 Å². The Morgan fingerprint density at radius 1 is 1.50 bits per heavy atom. The first-order chi connectivity index (χ1) is 5.81. The molecule has 0 amide bonds. The quantitative estimate of drug-likeness (QED) is 0.593. The Morgan fingerprint density at radius 2 is 2.33 bits per heavy atom. The minimum absolute atomic E-state index is 0.655. The Balaban J connectivity index is 2.78. The van der Waals surface area contributed by atoms with E-state index < -0.39 is 0 Å². The van der Waals surface area contributed by atoms with Crippen molar-refractivity contribution in [3.8, 4) is 0 Å². The molecule has 0 aromatic carbocycles. The minimum atomic E-state index is 0.655. The summed E-state index contributed by atoms with van der Waals surface area (Å²) in [6, 6.07) is 1.94. The second kappa shape index (κ2) is 2.96. The maximum Gasteiger partial charge on any atom is 0.152 e. The number of nitrogens with one attached hydrogen (secondary N) is 1. The largest absolute Gasteiger partial charge is 0.308 e. The molecule has 2 rings (SSSR count). The summed E-state index contributed by atoms with van der Waals surface area (Å²) >= 11 is 4.92. The van der Waals surface area contributed by atoms with Crippen LogP contribution in [0.1, 0.15) is 0 Å². The molecule has 3 N–H and O–H groups in total. The zero-order valence-corrected chi connectivity index (χ0v) is 8.32. The van der Waals surface area contributed by atoms with Crippen LogP contribution in [-0.4, -0.2) is 9.97 Å². The number of aromatic nitrogens is 2. The number of fused-ring (bicyclic) bond motifs is 1. The Hall–Kier alpha value is -0.720. The van der Waals surface area contributed by atoms with Crippen LogP contribution in [0.15, 0.2) is 16.2 Å². The van der Waals surface area contributed by atoms with Gasteiger partial charge in [0.05, 0.1) is 9.17 Å². The molecule has 12 heavy (non-hydrogen) atoms. The van der Waals surface area contributed by atoms with Gasteiger partial charge in [-0.05, 0) is 22.0 Å². The Kier molecular flexibility index (Phi) is 1.95. The van der Waals surface area contributed by atoms with Gasteiger partial charge in [-0.2, -0.15) is 0 Å². The summed E-state index contributed by atoms with van der Waals surface area (Å²) in [7, 11) is 0. The molecule has 62 valence electrons. The van der Waals surface area contributed by atoms with Crippen molar-refractivity contribution in [2.45, 2.75) is 0 Å². The van der Waals surface area contributed by atoms with Gasteiger partial charge >= 0.3 is 0 Å². The smallest absolute Gasteiger partial charge is 0.152 e. The molecular weight excluding hydrogens is 240 g/mol. The molecule has 0 radical (unpaired) electrons. The molecule has 4 nitrogen and oxygen atoms in total. The van der Waals surface area contributed by atoms with Crippen molar-refractivity contribution < 1.29 is 0 Å². The van der Waals surface area contributed by atoms with Crippen molar-refractivity contribution in [1.82, 2.24) is 9.97 Å². The van der Waals surface area contributed by atoms with Gasteiger partial charge < -0.3 is 5.43 Å². The molecule has 2 aromatic rings. The van der Waals surface area contributed by atoms with E-state index in [2.05, 4.69) is 31.3 Å². The van der Waals surface area contributed by atoms with Crippen LogP contribution in [-0.2, 0) is 0 Å². The van der Waals surface area contributed by atoms with E-state index >= 15 is 0 Å². The number of thiophene rings is 1. The predicted octanol–water partition coefficient (Wildman–Crippen LogP) is 1.74. The fourth-order valence-electron chi connectivity index (χ4n) is 0.941. The molecule has 0 aliphatic carbocycles. The van der Waals surface area contributed by atoms with E-state index in [9.17, 15) is 0 Å². The molecule has 0 atom stereocenters. The van der Waals surface area contributed by atoms with Crippen LogP contribution in [0, 0.1) is 0 Å². The topological polar surface area (TPSA) is 63.8 Å². The fraction of sp³-hybridized carbons (Fsp3) is 0. The van der Waals surface area contributed by atoms with Gasteiger partial charge in [0, 0.05) is 0 Å². The number of nitrogen functional groups attached to an aromatic ring is 1. The lowest BCUT2D eigenvalue weighted by Crippen LogP contribution is -2.08. The second-order valence-electron chi connectivity index (χ2n) is 2.14. The molecule has 0 unspecified atom stereocenters. The second-order valence-corrected chi connectivity index (χ2v) is 4.55. The van der Waals surface area contributed by atoms with Crippen LogP contribution in [0.25, 0.3) is 10.2 Å². The highest BCUT2D eigenvalue weighted by atomic mass is 79.9. The van der Waals surface area contributed by atoms with Gasteiger partial charge in [0.1, 0.15) is 11.2 Å². The summed E-state index contributed by atoms with van der Waals surface area (Å²) in [6.45, 7) is 0. The lowest BCUT2D eigenvalue weighted by atomic mass is 10.4. The van der Waals surface area contributed by atoms with Crippen LogP contribution < -0.4 is 11.3 Å². The van der Waals surface area contributed by atoms with Gasteiger partial charge in [0.25, 0.3) is 0 Å². The molecule has 0 bridgehead atoms. The summed E-state index contributed by atoms with van der Waals surface area (Å²) < 4.78 is 1.02. The van der Waals surface area contributed by atoms with E-state index in [-0.39, 0.29) is 0 Å².